The van der Waals surface area contributed by atoms with Crippen LogP contribution in [-0.2, 0) is 10.0 Å². The molecule has 2 atom stereocenters. The van der Waals surface area contributed by atoms with Crippen LogP contribution in [0.2, 0.25) is 0 Å². The van der Waals surface area contributed by atoms with Gasteiger partial charge in [-0.1, -0.05) is 13.8 Å². The third-order valence-corrected chi connectivity index (χ3v) is 4.17. The summed E-state index contributed by atoms with van der Waals surface area (Å²) in [6.07, 6.45) is 0. The Hall–Kier alpha value is -0.600. The summed E-state index contributed by atoms with van der Waals surface area (Å²) in [6.45, 7) is 5.19. The summed E-state index contributed by atoms with van der Waals surface area (Å²) in [4.78, 5) is 0. The quantitative estimate of drug-likeness (QED) is 0.652. The van der Waals surface area contributed by atoms with E-state index in [4.69, 9.17) is 5.26 Å². The average molecular weight is 202 g/mol. The van der Waals surface area contributed by atoms with Crippen LogP contribution in [-0.4, -0.2) is 31.6 Å². The van der Waals surface area contributed by atoms with E-state index in [0.717, 1.165) is 0 Å². The van der Waals surface area contributed by atoms with Crippen molar-refractivity contribution in [1.29, 1.82) is 5.26 Å². The minimum Gasteiger partial charge on any atom is -0.211 e. The molecule has 0 radical (unpaired) electrons. The SMILES string of the molecule is CC1CN(S(=O)(=O)CC#N)CC1C. The summed E-state index contributed by atoms with van der Waals surface area (Å²) in [6, 6.07) is 1.68. The number of nitriles is 1. The Balaban J connectivity index is 2.72. The molecule has 0 amide bonds. The second-order valence-electron chi connectivity index (χ2n) is 3.69. The normalized spacial score (nSPS) is 30.2. The van der Waals surface area contributed by atoms with Crippen LogP contribution in [0.15, 0.2) is 0 Å². The Morgan fingerprint density at radius 3 is 2.23 bits per heavy atom. The first-order chi connectivity index (χ1) is 5.97. The van der Waals surface area contributed by atoms with Gasteiger partial charge in [0.25, 0.3) is 0 Å². The molecule has 0 aliphatic carbocycles. The summed E-state index contributed by atoms with van der Waals surface area (Å²) in [5.41, 5.74) is 0. The summed E-state index contributed by atoms with van der Waals surface area (Å²) < 4.78 is 24.3. The fourth-order valence-electron chi connectivity index (χ4n) is 1.48. The highest BCUT2D eigenvalue weighted by Crippen LogP contribution is 2.24. The molecule has 5 heteroatoms. The number of rotatable bonds is 2. The Kier molecular flexibility index (Phi) is 2.94. The van der Waals surface area contributed by atoms with Crippen LogP contribution in [0, 0.1) is 23.2 Å². The Bertz CT molecular complexity index is 308. The van der Waals surface area contributed by atoms with Crippen LogP contribution in [0.25, 0.3) is 0 Å². The van der Waals surface area contributed by atoms with Crippen LogP contribution < -0.4 is 0 Å². The van der Waals surface area contributed by atoms with Crippen molar-refractivity contribution in [2.45, 2.75) is 13.8 Å². The molecule has 1 heterocycles. The van der Waals surface area contributed by atoms with Gasteiger partial charge in [0, 0.05) is 13.1 Å². The molecule has 1 saturated heterocycles. The van der Waals surface area contributed by atoms with E-state index >= 15 is 0 Å². The second-order valence-corrected chi connectivity index (χ2v) is 5.65. The van der Waals surface area contributed by atoms with E-state index in [-0.39, 0.29) is 0 Å². The number of nitrogens with zero attached hydrogens (tertiary/aromatic N) is 2. The van der Waals surface area contributed by atoms with Gasteiger partial charge in [-0.05, 0) is 11.8 Å². The van der Waals surface area contributed by atoms with Crippen molar-refractivity contribution in [3.63, 3.8) is 0 Å². The van der Waals surface area contributed by atoms with Crippen molar-refractivity contribution in [3.05, 3.63) is 0 Å². The Morgan fingerprint density at radius 1 is 1.38 bits per heavy atom. The van der Waals surface area contributed by atoms with Gasteiger partial charge in [0.15, 0.2) is 5.75 Å². The van der Waals surface area contributed by atoms with Gasteiger partial charge in [0.05, 0.1) is 6.07 Å². The molecule has 0 bridgehead atoms. The lowest BCUT2D eigenvalue weighted by Crippen LogP contribution is -2.30. The second kappa shape index (κ2) is 3.64. The van der Waals surface area contributed by atoms with Gasteiger partial charge in [-0.2, -0.15) is 5.26 Å². The van der Waals surface area contributed by atoms with Gasteiger partial charge < -0.3 is 0 Å². The molecule has 2 unspecified atom stereocenters. The predicted molar refractivity (Wildman–Crippen MR) is 49.3 cm³/mol. The van der Waals surface area contributed by atoms with Crippen molar-refractivity contribution < 1.29 is 8.42 Å². The molecule has 0 aromatic rings. The molecule has 0 saturated carbocycles. The molecular formula is C8H14N2O2S. The highest BCUT2D eigenvalue weighted by Gasteiger charge is 2.33. The zero-order valence-corrected chi connectivity index (χ0v) is 8.71. The van der Waals surface area contributed by atoms with Gasteiger partial charge in [-0.3, -0.25) is 0 Å². The molecule has 0 N–H and O–H groups in total. The monoisotopic (exact) mass is 202 g/mol. The molecule has 1 aliphatic rings. The van der Waals surface area contributed by atoms with Crippen LogP contribution >= 0.6 is 0 Å². The lowest BCUT2D eigenvalue weighted by atomic mass is 10.0. The maximum atomic E-state index is 11.4. The highest BCUT2D eigenvalue weighted by molar-refractivity contribution is 7.89. The standard InChI is InChI=1S/C8H14N2O2S/c1-7-5-10(6-8(7)2)13(11,12)4-3-9/h7-8H,4-6H2,1-2H3. The molecule has 1 rings (SSSR count). The molecule has 0 aromatic carbocycles. The van der Waals surface area contributed by atoms with Gasteiger partial charge in [-0.15, -0.1) is 0 Å². The molecule has 0 spiro atoms. The van der Waals surface area contributed by atoms with Crippen LogP contribution in [0.1, 0.15) is 13.8 Å². The molecule has 1 aliphatic heterocycles. The minimum atomic E-state index is -3.30. The minimum absolute atomic E-state index is 0.396. The van der Waals surface area contributed by atoms with Crippen LogP contribution in [0.3, 0.4) is 0 Å². The Labute approximate surface area is 79.2 Å². The van der Waals surface area contributed by atoms with Gasteiger partial charge in [0.2, 0.25) is 10.0 Å². The van der Waals surface area contributed by atoms with E-state index in [9.17, 15) is 8.42 Å². The summed E-state index contributed by atoms with van der Waals surface area (Å²) in [5.74, 6) is 0.397. The van der Waals surface area contributed by atoms with E-state index in [0.29, 0.717) is 24.9 Å². The predicted octanol–water partition coefficient (Wildman–Crippen LogP) is 0.428. The third-order valence-electron chi connectivity index (χ3n) is 2.59. The van der Waals surface area contributed by atoms with Crippen LogP contribution in [0.4, 0.5) is 0 Å². The first-order valence-corrected chi connectivity index (χ1v) is 5.93. The first-order valence-electron chi connectivity index (χ1n) is 4.32. The first kappa shape index (κ1) is 10.5. The van der Waals surface area contributed by atoms with E-state index in [1.165, 1.54) is 4.31 Å². The summed E-state index contributed by atoms with van der Waals surface area (Å²) >= 11 is 0. The molecule has 1 fully saturated rings. The zero-order valence-electron chi connectivity index (χ0n) is 7.90. The van der Waals surface area contributed by atoms with Crippen LogP contribution in [0.5, 0.6) is 0 Å². The van der Waals surface area contributed by atoms with Gasteiger partial charge in [0.1, 0.15) is 0 Å². The van der Waals surface area contributed by atoms with Crippen molar-refractivity contribution in [1.82, 2.24) is 4.31 Å². The van der Waals surface area contributed by atoms with Crippen molar-refractivity contribution in [3.8, 4) is 6.07 Å². The smallest absolute Gasteiger partial charge is 0.211 e. The highest BCUT2D eigenvalue weighted by atomic mass is 32.2. The third kappa shape index (κ3) is 2.20. The Morgan fingerprint density at radius 2 is 1.85 bits per heavy atom. The molecule has 0 aromatic heterocycles. The summed E-state index contributed by atoms with van der Waals surface area (Å²) in [7, 11) is -3.30. The molecular weight excluding hydrogens is 188 g/mol. The number of hydrogen-bond donors (Lipinski definition) is 0. The lowest BCUT2D eigenvalue weighted by Gasteiger charge is -2.12. The van der Waals surface area contributed by atoms with Crippen molar-refractivity contribution in [2.75, 3.05) is 18.8 Å². The summed E-state index contributed by atoms with van der Waals surface area (Å²) in [5, 5.41) is 8.34. The van der Waals surface area contributed by atoms with Gasteiger partial charge in [-0.25, -0.2) is 12.7 Å². The fraction of sp³-hybridized carbons (Fsp3) is 0.875. The van der Waals surface area contributed by atoms with E-state index in [2.05, 4.69) is 0 Å². The molecule has 4 nitrogen and oxygen atoms in total. The largest absolute Gasteiger partial charge is 0.227 e. The van der Waals surface area contributed by atoms with E-state index < -0.39 is 15.8 Å². The number of hydrogen-bond acceptors (Lipinski definition) is 3. The van der Waals surface area contributed by atoms with Crippen molar-refractivity contribution in [2.24, 2.45) is 11.8 Å². The molecule has 74 valence electrons. The topological polar surface area (TPSA) is 61.2 Å². The maximum Gasteiger partial charge on any atom is 0.227 e. The maximum absolute atomic E-state index is 11.4. The fourth-order valence-corrected chi connectivity index (χ4v) is 2.75. The molecule has 13 heavy (non-hydrogen) atoms. The van der Waals surface area contributed by atoms with Gasteiger partial charge >= 0.3 is 0 Å². The lowest BCUT2D eigenvalue weighted by molar-refractivity contribution is 0.466. The average Bonchev–Trinajstić information content (AvgIpc) is 2.33. The van der Waals surface area contributed by atoms with Crippen molar-refractivity contribution >= 4 is 10.0 Å². The zero-order chi connectivity index (χ0) is 10.1. The number of sulfonamides is 1. The van der Waals surface area contributed by atoms with E-state index in [1.807, 2.05) is 13.8 Å². The van der Waals surface area contributed by atoms with E-state index in [1.54, 1.807) is 6.07 Å².